The SMILES string of the molecule is CC1OC(C)C(C(=O)NCC2(CN)CCCC2)C1C. The largest absolute Gasteiger partial charge is 0.374 e. The van der Waals surface area contributed by atoms with Gasteiger partial charge in [-0.1, -0.05) is 19.8 Å². The minimum atomic E-state index is -0.0220. The van der Waals surface area contributed by atoms with E-state index in [1.54, 1.807) is 0 Å². The van der Waals surface area contributed by atoms with E-state index >= 15 is 0 Å². The summed E-state index contributed by atoms with van der Waals surface area (Å²) in [6, 6.07) is 0. The number of nitrogens with one attached hydrogen (secondary N) is 1. The first kappa shape index (κ1) is 14.8. The van der Waals surface area contributed by atoms with Crippen LogP contribution in [0, 0.1) is 17.3 Å². The van der Waals surface area contributed by atoms with Crippen molar-refractivity contribution in [2.45, 2.75) is 58.7 Å². The lowest BCUT2D eigenvalue weighted by molar-refractivity contribution is -0.127. The average molecular weight is 268 g/mol. The van der Waals surface area contributed by atoms with Gasteiger partial charge in [0.25, 0.3) is 0 Å². The van der Waals surface area contributed by atoms with Crippen molar-refractivity contribution in [3.63, 3.8) is 0 Å². The molecule has 1 aliphatic heterocycles. The number of nitrogens with two attached hydrogens (primary N) is 1. The molecule has 2 rings (SSSR count). The van der Waals surface area contributed by atoms with Crippen molar-refractivity contribution < 1.29 is 9.53 Å². The highest BCUT2D eigenvalue weighted by Gasteiger charge is 2.42. The number of hydrogen-bond acceptors (Lipinski definition) is 3. The quantitative estimate of drug-likeness (QED) is 0.815. The highest BCUT2D eigenvalue weighted by Crippen LogP contribution is 2.37. The Balaban J connectivity index is 1.91. The van der Waals surface area contributed by atoms with E-state index in [1.807, 2.05) is 13.8 Å². The fourth-order valence-corrected chi connectivity index (χ4v) is 3.69. The van der Waals surface area contributed by atoms with Gasteiger partial charge in [-0.3, -0.25) is 4.79 Å². The minimum absolute atomic E-state index is 0.0161. The average Bonchev–Trinajstić information content (AvgIpc) is 2.94. The molecular weight excluding hydrogens is 240 g/mol. The van der Waals surface area contributed by atoms with E-state index in [-0.39, 0.29) is 35.4 Å². The van der Waals surface area contributed by atoms with E-state index < -0.39 is 0 Å². The Labute approximate surface area is 116 Å². The standard InChI is InChI=1S/C15H28N2O2/c1-10-11(2)19-12(3)13(10)14(18)17-9-15(8-16)6-4-5-7-15/h10-13H,4-9,16H2,1-3H3,(H,17,18). The first-order valence-electron chi connectivity index (χ1n) is 7.62. The molecule has 110 valence electrons. The van der Waals surface area contributed by atoms with Gasteiger partial charge in [0.15, 0.2) is 0 Å². The number of amides is 1. The van der Waals surface area contributed by atoms with Crippen LogP contribution in [0.15, 0.2) is 0 Å². The molecule has 4 unspecified atom stereocenters. The Morgan fingerprint density at radius 3 is 2.37 bits per heavy atom. The van der Waals surface area contributed by atoms with Gasteiger partial charge in [0, 0.05) is 6.54 Å². The highest BCUT2D eigenvalue weighted by molar-refractivity contribution is 5.80. The van der Waals surface area contributed by atoms with Crippen molar-refractivity contribution in [1.82, 2.24) is 5.32 Å². The van der Waals surface area contributed by atoms with Crippen LogP contribution >= 0.6 is 0 Å². The molecule has 3 N–H and O–H groups in total. The molecule has 0 radical (unpaired) electrons. The lowest BCUT2D eigenvalue weighted by Gasteiger charge is -2.29. The van der Waals surface area contributed by atoms with Crippen LogP contribution in [-0.2, 0) is 9.53 Å². The Kier molecular flexibility index (Phi) is 4.51. The van der Waals surface area contributed by atoms with Crippen LogP contribution < -0.4 is 11.1 Å². The third-order valence-electron chi connectivity index (χ3n) is 5.28. The summed E-state index contributed by atoms with van der Waals surface area (Å²) in [5, 5.41) is 3.14. The zero-order valence-corrected chi connectivity index (χ0v) is 12.4. The molecule has 4 heteroatoms. The predicted molar refractivity (Wildman–Crippen MR) is 75.6 cm³/mol. The van der Waals surface area contributed by atoms with Gasteiger partial charge in [-0.2, -0.15) is 0 Å². The van der Waals surface area contributed by atoms with Crippen molar-refractivity contribution in [1.29, 1.82) is 0 Å². The molecule has 0 spiro atoms. The second-order valence-electron chi connectivity index (χ2n) is 6.56. The van der Waals surface area contributed by atoms with E-state index in [0.717, 1.165) is 19.4 Å². The van der Waals surface area contributed by atoms with Crippen molar-refractivity contribution in [2.24, 2.45) is 23.0 Å². The monoisotopic (exact) mass is 268 g/mol. The summed E-state index contributed by atoms with van der Waals surface area (Å²) in [4.78, 5) is 12.4. The van der Waals surface area contributed by atoms with Crippen molar-refractivity contribution in [2.75, 3.05) is 13.1 Å². The molecule has 0 bridgehead atoms. The van der Waals surface area contributed by atoms with E-state index in [2.05, 4.69) is 12.2 Å². The van der Waals surface area contributed by atoms with E-state index in [4.69, 9.17) is 10.5 Å². The lowest BCUT2D eigenvalue weighted by Crippen LogP contribution is -2.45. The van der Waals surface area contributed by atoms with Gasteiger partial charge in [-0.25, -0.2) is 0 Å². The first-order valence-corrected chi connectivity index (χ1v) is 7.62. The normalized spacial score (nSPS) is 37.5. The molecule has 2 fully saturated rings. The molecule has 1 aliphatic carbocycles. The maximum atomic E-state index is 12.4. The molecule has 19 heavy (non-hydrogen) atoms. The maximum absolute atomic E-state index is 12.4. The van der Waals surface area contributed by atoms with Gasteiger partial charge in [-0.05, 0) is 44.6 Å². The molecule has 2 aliphatic rings. The van der Waals surface area contributed by atoms with Crippen LogP contribution in [0.1, 0.15) is 46.5 Å². The molecule has 0 aromatic heterocycles. The predicted octanol–water partition coefficient (Wildman–Crippen LogP) is 1.68. The Morgan fingerprint density at radius 1 is 1.26 bits per heavy atom. The molecule has 4 atom stereocenters. The third kappa shape index (κ3) is 2.95. The zero-order chi connectivity index (χ0) is 14.0. The van der Waals surface area contributed by atoms with Crippen LogP contribution in [0.25, 0.3) is 0 Å². The molecule has 4 nitrogen and oxygen atoms in total. The molecule has 1 saturated carbocycles. The van der Waals surface area contributed by atoms with E-state index in [1.165, 1.54) is 12.8 Å². The van der Waals surface area contributed by atoms with E-state index in [9.17, 15) is 4.79 Å². The molecule has 0 aromatic rings. The van der Waals surface area contributed by atoms with Gasteiger partial charge in [-0.15, -0.1) is 0 Å². The van der Waals surface area contributed by atoms with Crippen molar-refractivity contribution in [3.8, 4) is 0 Å². The summed E-state index contributed by atoms with van der Waals surface area (Å²) in [5.74, 6) is 0.405. The molecule has 1 saturated heterocycles. The molecule has 1 heterocycles. The van der Waals surface area contributed by atoms with Crippen LogP contribution in [0.4, 0.5) is 0 Å². The van der Waals surface area contributed by atoms with Gasteiger partial charge in [0.05, 0.1) is 18.1 Å². The number of carbonyl (C=O) groups is 1. The van der Waals surface area contributed by atoms with E-state index in [0.29, 0.717) is 6.54 Å². The second-order valence-corrected chi connectivity index (χ2v) is 6.56. The summed E-state index contributed by atoms with van der Waals surface area (Å²) in [6.45, 7) is 7.56. The Bertz CT molecular complexity index is 326. The fourth-order valence-electron chi connectivity index (χ4n) is 3.69. The second kappa shape index (κ2) is 5.80. The van der Waals surface area contributed by atoms with Crippen LogP contribution in [0.5, 0.6) is 0 Å². The van der Waals surface area contributed by atoms with Crippen LogP contribution in [0.3, 0.4) is 0 Å². The van der Waals surface area contributed by atoms with Gasteiger partial charge in [0.1, 0.15) is 0 Å². The summed E-state index contributed by atoms with van der Waals surface area (Å²) in [6.07, 6.45) is 4.95. The molecule has 0 aromatic carbocycles. The lowest BCUT2D eigenvalue weighted by atomic mass is 9.85. The van der Waals surface area contributed by atoms with Crippen molar-refractivity contribution >= 4 is 5.91 Å². The molecular formula is C15H28N2O2. The fraction of sp³-hybridized carbons (Fsp3) is 0.933. The third-order valence-corrected chi connectivity index (χ3v) is 5.28. The first-order chi connectivity index (χ1) is 8.99. The van der Waals surface area contributed by atoms with Crippen LogP contribution in [0.2, 0.25) is 0 Å². The van der Waals surface area contributed by atoms with Crippen molar-refractivity contribution in [3.05, 3.63) is 0 Å². The molecule has 1 amide bonds. The highest BCUT2D eigenvalue weighted by atomic mass is 16.5. The maximum Gasteiger partial charge on any atom is 0.226 e. The summed E-state index contributed by atoms with van der Waals surface area (Å²) >= 11 is 0. The topological polar surface area (TPSA) is 64.3 Å². The summed E-state index contributed by atoms with van der Waals surface area (Å²) in [7, 11) is 0. The van der Waals surface area contributed by atoms with Gasteiger partial charge >= 0.3 is 0 Å². The summed E-state index contributed by atoms with van der Waals surface area (Å²) in [5.41, 5.74) is 6.06. The zero-order valence-electron chi connectivity index (χ0n) is 12.4. The summed E-state index contributed by atoms with van der Waals surface area (Å²) < 4.78 is 5.74. The Morgan fingerprint density at radius 2 is 1.89 bits per heavy atom. The van der Waals surface area contributed by atoms with Gasteiger partial charge in [0.2, 0.25) is 5.91 Å². The smallest absolute Gasteiger partial charge is 0.226 e. The van der Waals surface area contributed by atoms with Gasteiger partial charge < -0.3 is 15.8 Å². The number of carbonyl (C=O) groups excluding carboxylic acids is 1. The van der Waals surface area contributed by atoms with Crippen LogP contribution in [-0.4, -0.2) is 31.2 Å². The number of rotatable bonds is 4. The Hall–Kier alpha value is -0.610. The minimum Gasteiger partial charge on any atom is -0.374 e. The number of ether oxygens (including phenoxy) is 1. The number of hydrogen-bond donors (Lipinski definition) is 2.